The summed E-state index contributed by atoms with van der Waals surface area (Å²) in [6.07, 6.45) is 5.95. The van der Waals surface area contributed by atoms with Crippen molar-refractivity contribution in [3.8, 4) is 5.75 Å². The van der Waals surface area contributed by atoms with E-state index in [1.807, 2.05) is 6.92 Å². The molecule has 0 aliphatic heterocycles. The lowest BCUT2D eigenvalue weighted by atomic mass is 9.82. The van der Waals surface area contributed by atoms with Gasteiger partial charge in [0.1, 0.15) is 5.75 Å². The molecule has 1 rings (SSSR count). The second-order valence-corrected chi connectivity index (χ2v) is 8.46. The molecule has 2 nitrogen and oxygen atoms in total. The second kappa shape index (κ2) is 12.4. The van der Waals surface area contributed by atoms with Gasteiger partial charge in [-0.2, -0.15) is 0 Å². The lowest BCUT2D eigenvalue weighted by Crippen LogP contribution is -2.18. The van der Waals surface area contributed by atoms with Gasteiger partial charge in [-0.3, -0.25) is 0 Å². The number of hydrogen-bond donors (Lipinski definition) is 0. The minimum absolute atomic E-state index is 0.198. The smallest absolute Gasteiger partial charge is 0.196 e. The zero-order chi connectivity index (χ0) is 19.5. The van der Waals surface area contributed by atoms with Gasteiger partial charge in [0.15, 0.2) is 6.29 Å². The summed E-state index contributed by atoms with van der Waals surface area (Å²) in [4.78, 5) is 0. The predicted molar refractivity (Wildman–Crippen MR) is 113 cm³/mol. The highest BCUT2D eigenvalue weighted by Crippen LogP contribution is 2.32. The molecule has 1 aromatic carbocycles. The Morgan fingerprint density at radius 1 is 0.885 bits per heavy atom. The first kappa shape index (κ1) is 23.0. The zero-order valence-corrected chi connectivity index (χ0v) is 18.3. The summed E-state index contributed by atoms with van der Waals surface area (Å²) >= 11 is 0. The summed E-state index contributed by atoms with van der Waals surface area (Å²) in [7, 11) is 0. The molecule has 1 aromatic rings. The van der Waals surface area contributed by atoms with Crippen molar-refractivity contribution >= 4 is 0 Å². The van der Waals surface area contributed by atoms with Crippen LogP contribution in [-0.4, -0.2) is 12.9 Å². The number of rotatable bonds is 13. The fourth-order valence-corrected chi connectivity index (χ4v) is 3.68. The van der Waals surface area contributed by atoms with Crippen LogP contribution in [-0.2, 0) is 4.74 Å². The maximum Gasteiger partial charge on any atom is 0.196 e. The third-order valence-corrected chi connectivity index (χ3v) is 5.29. The van der Waals surface area contributed by atoms with Crippen molar-refractivity contribution in [2.45, 2.75) is 92.8 Å². The van der Waals surface area contributed by atoms with E-state index >= 15 is 0 Å². The average molecular weight is 363 g/mol. The molecule has 0 N–H and O–H groups in total. The Balaban J connectivity index is 2.50. The highest BCUT2D eigenvalue weighted by molar-refractivity contribution is 5.29. The van der Waals surface area contributed by atoms with Crippen molar-refractivity contribution in [2.24, 2.45) is 17.8 Å². The lowest BCUT2D eigenvalue weighted by molar-refractivity contribution is -0.0706. The molecule has 2 heteroatoms. The van der Waals surface area contributed by atoms with Crippen LogP contribution >= 0.6 is 0 Å². The van der Waals surface area contributed by atoms with Crippen LogP contribution in [0, 0.1) is 17.8 Å². The fraction of sp³-hybridized carbons (Fsp3) is 0.750. The summed E-state index contributed by atoms with van der Waals surface area (Å²) in [6, 6.07) is 8.64. The molecular weight excluding hydrogens is 320 g/mol. The Hall–Kier alpha value is -1.02. The first-order valence-electron chi connectivity index (χ1n) is 10.7. The lowest BCUT2D eigenvalue weighted by Gasteiger charge is -2.24. The van der Waals surface area contributed by atoms with Crippen LogP contribution < -0.4 is 4.74 Å². The quantitative estimate of drug-likeness (QED) is 0.340. The van der Waals surface area contributed by atoms with E-state index in [4.69, 9.17) is 9.47 Å². The van der Waals surface area contributed by atoms with Crippen LogP contribution in [0.4, 0.5) is 0 Å². The minimum Gasteiger partial charge on any atom is -0.465 e. The molecule has 3 atom stereocenters. The topological polar surface area (TPSA) is 18.5 Å². The molecule has 150 valence electrons. The number of benzene rings is 1. The van der Waals surface area contributed by atoms with Crippen LogP contribution in [0.2, 0.25) is 0 Å². The molecule has 0 saturated carbocycles. The molecule has 0 aliphatic carbocycles. The van der Waals surface area contributed by atoms with E-state index in [9.17, 15) is 0 Å². The molecule has 0 amide bonds. The van der Waals surface area contributed by atoms with Crippen molar-refractivity contribution in [2.75, 3.05) is 6.61 Å². The number of hydrogen-bond acceptors (Lipinski definition) is 2. The summed E-state index contributed by atoms with van der Waals surface area (Å²) in [6.45, 7) is 16.5. The second-order valence-electron chi connectivity index (χ2n) is 8.46. The van der Waals surface area contributed by atoms with Crippen molar-refractivity contribution in [3.63, 3.8) is 0 Å². The summed E-state index contributed by atoms with van der Waals surface area (Å²) in [5, 5.41) is 0. The van der Waals surface area contributed by atoms with Gasteiger partial charge in [-0.05, 0) is 61.1 Å². The van der Waals surface area contributed by atoms with Crippen molar-refractivity contribution in [1.29, 1.82) is 0 Å². The first-order valence-corrected chi connectivity index (χ1v) is 10.7. The van der Waals surface area contributed by atoms with Gasteiger partial charge in [-0.1, -0.05) is 72.9 Å². The monoisotopic (exact) mass is 362 g/mol. The van der Waals surface area contributed by atoms with Crippen LogP contribution in [0.1, 0.15) is 92.1 Å². The van der Waals surface area contributed by atoms with E-state index in [-0.39, 0.29) is 6.29 Å². The van der Waals surface area contributed by atoms with E-state index in [0.717, 1.165) is 24.7 Å². The van der Waals surface area contributed by atoms with E-state index in [1.165, 1.54) is 31.2 Å². The summed E-state index contributed by atoms with van der Waals surface area (Å²) < 4.78 is 11.8. The standard InChI is InChI=1S/C24H42O2/c1-8-10-21(9-2)15-16-25-20(7)26-23-13-11-22(12-14-23)24(19(5)6)17-18(3)4/h11-14,18-21,24H,8-10,15-17H2,1-7H3. The van der Waals surface area contributed by atoms with Gasteiger partial charge in [-0.25, -0.2) is 0 Å². The minimum atomic E-state index is -0.198. The predicted octanol–water partition coefficient (Wildman–Crippen LogP) is 7.43. The van der Waals surface area contributed by atoms with Gasteiger partial charge in [0.05, 0.1) is 6.61 Å². The third-order valence-electron chi connectivity index (χ3n) is 5.29. The molecule has 0 aromatic heterocycles. The average Bonchev–Trinajstić information content (AvgIpc) is 2.59. The molecule has 0 saturated heterocycles. The third kappa shape index (κ3) is 8.58. The van der Waals surface area contributed by atoms with Gasteiger partial charge in [0.25, 0.3) is 0 Å². The molecule has 0 radical (unpaired) electrons. The Kier molecular flexibility index (Phi) is 11.0. The molecule has 0 aliphatic rings. The Morgan fingerprint density at radius 2 is 1.54 bits per heavy atom. The van der Waals surface area contributed by atoms with Crippen LogP contribution in [0.15, 0.2) is 24.3 Å². The number of ether oxygens (including phenoxy) is 2. The Morgan fingerprint density at radius 3 is 2.04 bits per heavy atom. The molecule has 0 spiro atoms. The zero-order valence-electron chi connectivity index (χ0n) is 18.3. The highest BCUT2D eigenvalue weighted by Gasteiger charge is 2.17. The van der Waals surface area contributed by atoms with Crippen molar-refractivity contribution in [3.05, 3.63) is 29.8 Å². The van der Waals surface area contributed by atoms with Gasteiger partial charge in [0.2, 0.25) is 0 Å². The van der Waals surface area contributed by atoms with Gasteiger partial charge >= 0.3 is 0 Å². The Labute approximate surface area is 162 Å². The maximum absolute atomic E-state index is 5.94. The molecule has 0 bridgehead atoms. The van der Waals surface area contributed by atoms with Crippen LogP contribution in [0.3, 0.4) is 0 Å². The molecule has 3 unspecified atom stereocenters. The van der Waals surface area contributed by atoms with Gasteiger partial charge < -0.3 is 9.47 Å². The van der Waals surface area contributed by atoms with Gasteiger partial charge in [0, 0.05) is 0 Å². The van der Waals surface area contributed by atoms with Crippen LogP contribution in [0.25, 0.3) is 0 Å². The molecule has 0 fully saturated rings. The maximum atomic E-state index is 5.94. The normalized spacial score (nSPS) is 15.3. The van der Waals surface area contributed by atoms with Crippen molar-refractivity contribution in [1.82, 2.24) is 0 Å². The SMILES string of the molecule is CCCC(CC)CCOC(C)Oc1ccc(C(CC(C)C)C(C)C)cc1. The molecular formula is C24H42O2. The first-order chi connectivity index (χ1) is 12.4. The van der Waals surface area contributed by atoms with E-state index in [0.29, 0.717) is 17.8 Å². The van der Waals surface area contributed by atoms with Gasteiger partial charge in [-0.15, -0.1) is 0 Å². The molecule has 26 heavy (non-hydrogen) atoms. The fourth-order valence-electron chi connectivity index (χ4n) is 3.68. The largest absolute Gasteiger partial charge is 0.465 e. The summed E-state index contributed by atoms with van der Waals surface area (Å²) in [5.41, 5.74) is 1.42. The summed E-state index contributed by atoms with van der Waals surface area (Å²) in [5.74, 6) is 3.66. The molecule has 0 heterocycles. The van der Waals surface area contributed by atoms with E-state index < -0.39 is 0 Å². The van der Waals surface area contributed by atoms with Crippen molar-refractivity contribution < 1.29 is 9.47 Å². The van der Waals surface area contributed by atoms with E-state index in [2.05, 4.69) is 65.8 Å². The van der Waals surface area contributed by atoms with E-state index in [1.54, 1.807) is 0 Å². The van der Waals surface area contributed by atoms with Crippen LogP contribution in [0.5, 0.6) is 5.75 Å². The Bertz CT molecular complexity index is 464. The highest BCUT2D eigenvalue weighted by atomic mass is 16.7.